The van der Waals surface area contributed by atoms with Crippen LogP contribution in [0, 0.1) is 6.92 Å². The van der Waals surface area contributed by atoms with E-state index in [-0.39, 0.29) is 17.9 Å². The third kappa shape index (κ3) is 3.58. The van der Waals surface area contributed by atoms with E-state index in [4.69, 9.17) is 4.74 Å². The van der Waals surface area contributed by atoms with Gasteiger partial charge in [0.2, 0.25) is 0 Å². The smallest absolute Gasteiger partial charge is 0.183 e. The van der Waals surface area contributed by atoms with Gasteiger partial charge in [-0.2, -0.15) is 0 Å². The lowest BCUT2D eigenvalue weighted by molar-refractivity contribution is 0.0296. The number of halogens is 1. The Balaban J connectivity index is 0.00000225. The summed E-state index contributed by atoms with van der Waals surface area (Å²) in [5, 5.41) is 0. The molecule has 1 heterocycles. The number of Topliss-reactive ketones (excluding diaryl/α,β-unsaturated/α-hetero) is 1. The highest BCUT2D eigenvalue weighted by Gasteiger charge is 2.48. The Morgan fingerprint density at radius 1 is 1.07 bits per heavy atom. The summed E-state index contributed by atoms with van der Waals surface area (Å²) in [7, 11) is 1.69. The third-order valence-corrected chi connectivity index (χ3v) is 6.59. The van der Waals surface area contributed by atoms with Crippen molar-refractivity contribution in [1.82, 2.24) is 4.90 Å². The number of piperidine rings is 1. The molecule has 1 unspecified atom stereocenters. The van der Waals surface area contributed by atoms with E-state index in [1.54, 1.807) is 7.11 Å². The molecule has 1 saturated heterocycles. The molecule has 28 heavy (non-hydrogen) atoms. The molecule has 1 spiro atoms. The molecule has 0 amide bonds. The molecular formula is C24H30ClNO2. The molecule has 4 heteroatoms. The highest BCUT2D eigenvalue weighted by atomic mass is 35.5. The van der Waals surface area contributed by atoms with Gasteiger partial charge in [-0.1, -0.05) is 36.4 Å². The van der Waals surface area contributed by atoms with Gasteiger partial charge in [0.05, 0.1) is 12.6 Å². The molecule has 0 bridgehead atoms. The number of methoxy groups -OCH3 is 1. The Bertz CT molecular complexity index is 850. The summed E-state index contributed by atoms with van der Waals surface area (Å²) in [5.41, 5.74) is 4.39. The van der Waals surface area contributed by atoms with Crippen LogP contribution >= 0.6 is 12.4 Å². The zero-order chi connectivity index (χ0) is 18.9. The number of nitrogens with zero attached hydrogens (tertiary/aromatic N) is 1. The third-order valence-electron chi connectivity index (χ3n) is 6.59. The van der Waals surface area contributed by atoms with Crippen molar-refractivity contribution in [2.75, 3.05) is 20.2 Å². The Morgan fingerprint density at radius 3 is 2.68 bits per heavy atom. The van der Waals surface area contributed by atoms with Gasteiger partial charge in [0.15, 0.2) is 5.78 Å². The summed E-state index contributed by atoms with van der Waals surface area (Å²) in [6, 6.07) is 14.5. The van der Waals surface area contributed by atoms with Gasteiger partial charge in [-0.3, -0.25) is 9.69 Å². The quantitative estimate of drug-likeness (QED) is 0.722. The highest BCUT2D eigenvalue weighted by Crippen LogP contribution is 2.42. The van der Waals surface area contributed by atoms with Crippen molar-refractivity contribution in [3.05, 3.63) is 64.7 Å². The van der Waals surface area contributed by atoms with E-state index in [1.807, 2.05) is 18.2 Å². The van der Waals surface area contributed by atoms with Gasteiger partial charge >= 0.3 is 0 Å². The second-order valence-corrected chi connectivity index (χ2v) is 7.97. The average molecular weight is 400 g/mol. The van der Waals surface area contributed by atoms with Crippen molar-refractivity contribution in [2.24, 2.45) is 0 Å². The predicted molar refractivity (Wildman–Crippen MR) is 116 cm³/mol. The first-order chi connectivity index (χ1) is 13.2. The molecule has 2 aromatic rings. The van der Waals surface area contributed by atoms with E-state index in [0.717, 1.165) is 62.1 Å². The zero-order valence-corrected chi connectivity index (χ0v) is 17.7. The van der Waals surface area contributed by atoms with Gasteiger partial charge in [-0.15, -0.1) is 12.4 Å². The van der Waals surface area contributed by atoms with Crippen LogP contribution in [0.5, 0.6) is 5.75 Å². The molecule has 3 nitrogen and oxygen atoms in total. The monoisotopic (exact) mass is 399 g/mol. The first-order valence-electron chi connectivity index (χ1n) is 10.2. The molecule has 2 aliphatic rings. The second kappa shape index (κ2) is 8.67. The van der Waals surface area contributed by atoms with E-state index in [1.165, 1.54) is 17.5 Å². The Hall–Kier alpha value is -1.84. The van der Waals surface area contributed by atoms with Crippen molar-refractivity contribution in [1.29, 1.82) is 0 Å². The van der Waals surface area contributed by atoms with Crippen molar-refractivity contribution >= 4 is 18.2 Å². The molecule has 2 aromatic carbocycles. The summed E-state index contributed by atoms with van der Waals surface area (Å²) in [6.07, 6.45) is 6.15. The molecule has 0 aromatic heterocycles. The van der Waals surface area contributed by atoms with Gasteiger partial charge < -0.3 is 4.74 Å². The number of ketones is 1. The lowest BCUT2D eigenvalue weighted by Crippen LogP contribution is -2.59. The van der Waals surface area contributed by atoms with Crippen LogP contribution < -0.4 is 4.74 Å². The minimum absolute atomic E-state index is 0. The number of benzene rings is 2. The first kappa shape index (κ1) is 20.9. The van der Waals surface area contributed by atoms with Crippen LogP contribution in [0.2, 0.25) is 0 Å². The SMILES string of the molecule is COc1cccc2c1CCC1(CCCCN1CCc1ccccc1C)C2=O.Cl. The molecule has 0 N–H and O–H groups in total. The van der Waals surface area contributed by atoms with E-state index < -0.39 is 0 Å². The Kier molecular flexibility index (Phi) is 6.47. The summed E-state index contributed by atoms with van der Waals surface area (Å²) in [6.45, 7) is 4.16. The number of carbonyl (C=O) groups excluding carboxylic acids is 1. The van der Waals surface area contributed by atoms with E-state index in [2.05, 4.69) is 36.1 Å². The highest BCUT2D eigenvalue weighted by molar-refractivity contribution is 6.06. The minimum Gasteiger partial charge on any atom is -0.496 e. The molecule has 1 atom stereocenters. The summed E-state index contributed by atoms with van der Waals surface area (Å²) >= 11 is 0. The number of fused-ring (bicyclic) bond motifs is 1. The molecule has 1 fully saturated rings. The maximum Gasteiger partial charge on any atom is 0.183 e. The predicted octanol–water partition coefficient (Wildman–Crippen LogP) is 5.02. The molecule has 0 saturated carbocycles. The number of ether oxygens (including phenoxy) is 1. The zero-order valence-electron chi connectivity index (χ0n) is 16.9. The first-order valence-corrected chi connectivity index (χ1v) is 10.2. The van der Waals surface area contributed by atoms with Crippen molar-refractivity contribution in [3.63, 3.8) is 0 Å². The van der Waals surface area contributed by atoms with Crippen molar-refractivity contribution in [2.45, 2.75) is 51.0 Å². The lowest BCUT2D eigenvalue weighted by Gasteiger charge is -2.48. The molecule has 0 radical (unpaired) electrons. The fourth-order valence-electron chi connectivity index (χ4n) is 5.03. The van der Waals surface area contributed by atoms with Gasteiger partial charge in [-0.25, -0.2) is 0 Å². The number of hydrogen-bond donors (Lipinski definition) is 0. The summed E-state index contributed by atoms with van der Waals surface area (Å²) in [5.74, 6) is 1.17. The number of aryl methyl sites for hydroxylation is 1. The van der Waals surface area contributed by atoms with Gasteiger partial charge in [0.25, 0.3) is 0 Å². The molecule has 1 aliphatic carbocycles. The fraction of sp³-hybridized carbons (Fsp3) is 0.458. The largest absolute Gasteiger partial charge is 0.496 e. The van der Waals surface area contributed by atoms with Gasteiger partial charge in [0, 0.05) is 17.7 Å². The molecule has 4 rings (SSSR count). The maximum atomic E-state index is 13.7. The van der Waals surface area contributed by atoms with Crippen LogP contribution in [0.25, 0.3) is 0 Å². The lowest BCUT2D eigenvalue weighted by atomic mass is 9.71. The van der Waals surface area contributed by atoms with Crippen LogP contribution in [0.4, 0.5) is 0 Å². The standard InChI is InChI=1S/C24H29NO2.ClH/c1-18-8-3-4-9-19(18)13-17-25-16-6-5-14-24(25)15-12-20-21(23(24)26)10-7-11-22(20)27-2;/h3-4,7-11H,5-6,12-17H2,1-2H3;1H. The minimum atomic E-state index is -0.319. The average Bonchev–Trinajstić information content (AvgIpc) is 2.71. The number of hydrogen-bond acceptors (Lipinski definition) is 3. The Morgan fingerprint density at radius 2 is 1.89 bits per heavy atom. The topological polar surface area (TPSA) is 29.5 Å². The van der Waals surface area contributed by atoms with Gasteiger partial charge in [0.1, 0.15) is 5.75 Å². The van der Waals surface area contributed by atoms with Crippen LogP contribution in [0.1, 0.15) is 52.7 Å². The number of likely N-dealkylation sites (tertiary alicyclic amines) is 1. The maximum absolute atomic E-state index is 13.7. The van der Waals surface area contributed by atoms with Crippen molar-refractivity contribution < 1.29 is 9.53 Å². The molecular weight excluding hydrogens is 370 g/mol. The normalized spacial score (nSPS) is 21.9. The second-order valence-electron chi connectivity index (χ2n) is 7.97. The van der Waals surface area contributed by atoms with Crippen LogP contribution in [0.3, 0.4) is 0 Å². The molecule has 150 valence electrons. The fourth-order valence-corrected chi connectivity index (χ4v) is 5.03. The van der Waals surface area contributed by atoms with Gasteiger partial charge in [-0.05, 0) is 69.2 Å². The number of rotatable bonds is 4. The van der Waals surface area contributed by atoms with E-state index >= 15 is 0 Å². The summed E-state index contributed by atoms with van der Waals surface area (Å²) in [4.78, 5) is 16.1. The van der Waals surface area contributed by atoms with Crippen LogP contribution in [-0.4, -0.2) is 36.4 Å². The summed E-state index contributed by atoms with van der Waals surface area (Å²) < 4.78 is 5.52. The van der Waals surface area contributed by atoms with E-state index in [0.29, 0.717) is 5.78 Å². The number of carbonyl (C=O) groups is 1. The van der Waals surface area contributed by atoms with Crippen LogP contribution in [0.15, 0.2) is 42.5 Å². The molecule has 1 aliphatic heterocycles. The Labute approximate surface area is 174 Å². The van der Waals surface area contributed by atoms with Crippen LogP contribution in [-0.2, 0) is 12.8 Å². The van der Waals surface area contributed by atoms with E-state index in [9.17, 15) is 4.79 Å². The van der Waals surface area contributed by atoms with Crippen molar-refractivity contribution in [3.8, 4) is 5.75 Å².